The molecule has 5 rings (SSSR count). The van der Waals surface area contributed by atoms with Crippen molar-refractivity contribution >= 4 is 22.6 Å². The van der Waals surface area contributed by atoms with Gasteiger partial charge in [0.05, 0.1) is 5.39 Å². The van der Waals surface area contributed by atoms with Gasteiger partial charge in [0.25, 0.3) is 0 Å². The van der Waals surface area contributed by atoms with Crippen molar-refractivity contribution in [1.82, 2.24) is 9.97 Å². The van der Waals surface area contributed by atoms with Gasteiger partial charge in [-0.05, 0) is 29.8 Å². The van der Waals surface area contributed by atoms with Crippen LogP contribution in [0.3, 0.4) is 0 Å². The molecule has 6 heteroatoms. The number of fused-ring (bicyclic) bond motifs is 1. The average Bonchev–Trinajstić information content (AvgIpc) is 3.16. The van der Waals surface area contributed by atoms with Gasteiger partial charge in [-0.25, -0.2) is 14.4 Å². The summed E-state index contributed by atoms with van der Waals surface area (Å²) in [7, 11) is 0. The lowest BCUT2D eigenvalue weighted by molar-refractivity contribution is 0.355. The Morgan fingerprint density at radius 3 is 2.40 bits per heavy atom. The molecule has 0 bridgehead atoms. The smallest absolute Gasteiger partial charge is 0.232 e. The van der Waals surface area contributed by atoms with Crippen LogP contribution in [-0.2, 0) is 5.11 Å². The van der Waals surface area contributed by atoms with E-state index in [0.29, 0.717) is 28.4 Å². The first-order chi connectivity index (χ1) is 14.7. The summed E-state index contributed by atoms with van der Waals surface area (Å²) in [6.07, 6.45) is 1.40. The van der Waals surface area contributed by atoms with E-state index in [1.54, 1.807) is 24.3 Å². The van der Waals surface area contributed by atoms with E-state index in [1.165, 1.54) is 30.6 Å². The van der Waals surface area contributed by atoms with Gasteiger partial charge in [0.1, 0.15) is 23.7 Å². The quantitative estimate of drug-likeness (QED) is 0.372. The van der Waals surface area contributed by atoms with E-state index in [1.807, 2.05) is 30.3 Å². The van der Waals surface area contributed by atoms with Crippen molar-refractivity contribution in [1.29, 1.82) is 0 Å². The zero-order chi connectivity index (χ0) is 20.5. The molecule has 145 valence electrons. The highest BCUT2D eigenvalue weighted by Crippen LogP contribution is 2.43. The van der Waals surface area contributed by atoms with Crippen LogP contribution in [0.25, 0.3) is 33.6 Å². The second kappa shape index (κ2) is 7.33. The normalized spacial score (nSPS) is 11.0. The van der Waals surface area contributed by atoms with Gasteiger partial charge in [-0.3, -0.25) is 5.11 Å². The third-order valence-electron chi connectivity index (χ3n) is 4.75. The molecule has 2 aromatic heterocycles. The number of aromatic nitrogens is 2. The van der Waals surface area contributed by atoms with Crippen LogP contribution in [0.5, 0.6) is 5.75 Å². The minimum absolute atomic E-state index is 0.110. The molecule has 0 aliphatic rings. The molecule has 0 unspecified atom stereocenters. The van der Waals surface area contributed by atoms with Crippen molar-refractivity contribution in [2.75, 3.05) is 5.32 Å². The van der Waals surface area contributed by atoms with Gasteiger partial charge >= 0.3 is 0 Å². The maximum Gasteiger partial charge on any atom is 0.232 e. The molecule has 2 heterocycles. The molecule has 0 saturated carbocycles. The fourth-order valence-electron chi connectivity index (χ4n) is 3.42. The fourth-order valence-corrected chi connectivity index (χ4v) is 3.42. The molecule has 0 aliphatic carbocycles. The summed E-state index contributed by atoms with van der Waals surface area (Å²) < 4.78 is 19.7. The molecule has 0 aliphatic heterocycles. The van der Waals surface area contributed by atoms with Gasteiger partial charge in [-0.15, -0.1) is 0 Å². The lowest BCUT2D eigenvalue weighted by Gasteiger charge is -2.08. The predicted molar refractivity (Wildman–Crippen MR) is 112 cm³/mol. The van der Waals surface area contributed by atoms with Crippen LogP contribution in [0.1, 0.15) is 0 Å². The summed E-state index contributed by atoms with van der Waals surface area (Å²) in [4.78, 5) is 8.68. The van der Waals surface area contributed by atoms with Gasteiger partial charge < -0.3 is 9.73 Å². The molecule has 0 amide bonds. The maximum atomic E-state index is 13.6. The Balaban J connectivity index is 1.77. The van der Waals surface area contributed by atoms with Crippen LogP contribution in [0.2, 0.25) is 0 Å². The molecule has 5 nitrogen and oxygen atoms in total. The summed E-state index contributed by atoms with van der Waals surface area (Å²) in [6, 6.07) is 22.3. The van der Waals surface area contributed by atoms with E-state index < -0.39 is 0 Å². The van der Waals surface area contributed by atoms with Gasteiger partial charge in [0.15, 0.2) is 5.75 Å². The monoisotopic (exact) mass is 396 g/mol. The summed E-state index contributed by atoms with van der Waals surface area (Å²) in [5.74, 6) is 0.671. The second-order valence-corrected chi connectivity index (χ2v) is 6.73. The molecule has 0 spiro atoms. The Hall–Kier alpha value is -4.19. The summed E-state index contributed by atoms with van der Waals surface area (Å²) in [5, 5.41) is 15.6. The Morgan fingerprint density at radius 2 is 1.63 bits per heavy atom. The number of hydrogen-bond donors (Lipinski definition) is 1. The molecular formula is C24H15FN3O2. The number of rotatable bonds is 4. The lowest BCUT2D eigenvalue weighted by atomic mass is 9.99. The summed E-state index contributed by atoms with van der Waals surface area (Å²) in [6.45, 7) is 0. The van der Waals surface area contributed by atoms with Gasteiger partial charge in [-0.1, -0.05) is 48.5 Å². The third kappa shape index (κ3) is 3.24. The third-order valence-corrected chi connectivity index (χ3v) is 4.75. The Bertz CT molecular complexity index is 1330. The SMILES string of the molecule is [O]c1cccc(Nc2ncnc3oc(-c4ccccc4)c(-c4ccc(F)cc4)c23)c1. The summed E-state index contributed by atoms with van der Waals surface area (Å²) >= 11 is 0. The molecule has 0 atom stereocenters. The number of halogens is 1. The Morgan fingerprint density at radius 1 is 0.833 bits per heavy atom. The van der Waals surface area contributed by atoms with E-state index in [-0.39, 0.29) is 11.6 Å². The molecule has 5 aromatic rings. The number of anilines is 2. The Kier molecular flexibility index (Phi) is 4.37. The van der Waals surface area contributed by atoms with E-state index in [4.69, 9.17) is 4.42 Å². The van der Waals surface area contributed by atoms with E-state index in [0.717, 1.165) is 16.7 Å². The van der Waals surface area contributed by atoms with Crippen molar-refractivity contribution in [3.63, 3.8) is 0 Å². The fraction of sp³-hybridized carbons (Fsp3) is 0. The highest BCUT2D eigenvalue weighted by atomic mass is 19.1. The number of hydrogen-bond acceptors (Lipinski definition) is 4. The number of nitrogens with one attached hydrogen (secondary N) is 1. The first kappa shape index (κ1) is 17.9. The van der Waals surface area contributed by atoms with E-state index >= 15 is 0 Å². The van der Waals surface area contributed by atoms with Crippen molar-refractivity contribution in [2.45, 2.75) is 0 Å². The highest BCUT2D eigenvalue weighted by Gasteiger charge is 2.22. The molecular weight excluding hydrogens is 381 g/mol. The van der Waals surface area contributed by atoms with E-state index in [9.17, 15) is 9.50 Å². The summed E-state index contributed by atoms with van der Waals surface area (Å²) in [5.41, 5.74) is 3.38. The van der Waals surface area contributed by atoms with Crippen molar-refractivity contribution < 1.29 is 13.9 Å². The topological polar surface area (TPSA) is 70.8 Å². The predicted octanol–water partition coefficient (Wildman–Crippen LogP) is 6.58. The van der Waals surface area contributed by atoms with Crippen molar-refractivity contribution in [3.05, 3.63) is 91.0 Å². The zero-order valence-electron chi connectivity index (χ0n) is 15.7. The van der Waals surface area contributed by atoms with Crippen molar-refractivity contribution in [2.24, 2.45) is 0 Å². The molecule has 1 N–H and O–H groups in total. The van der Waals surface area contributed by atoms with Crippen LogP contribution in [0, 0.1) is 5.82 Å². The number of nitrogens with zero attached hydrogens (tertiary/aromatic N) is 2. The number of furan rings is 1. The first-order valence-corrected chi connectivity index (χ1v) is 9.32. The largest absolute Gasteiger partial charge is 0.437 e. The second-order valence-electron chi connectivity index (χ2n) is 6.73. The van der Waals surface area contributed by atoms with Gasteiger partial charge in [0.2, 0.25) is 5.71 Å². The molecule has 1 radical (unpaired) electrons. The molecule has 0 saturated heterocycles. The maximum absolute atomic E-state index is 13.6. The van der Waals surface area contributed by atoms with E-state index in [2.05, 4.69) is 15.3 Å². The lowest BCUT2D eigenvalue weighted by Crippen LogP contribution is -1.95. The average molecular weight is 396 g/mol. The number of benzene rings is 3. The van der Waals surface area contributed by atoms with Crippen molar-refractivity contribution in [3.8, 4) is 28.2 Å². The Labute approximate surface area is 171 Å². The van der Waals surface area contributed by atoms with Gasteiger partial charge in [0, 0.05) is 22.9 Å². The van der Waals surface area contributed by atoms with Crippen LogP contribution in [0.4, 0.5) is 15.9 Å². The molecule has 0 fully saturated rings. The van der Waals surface area contributed by atoms with Gasteiger partial charge in [-0.2, -0.15) is 0 Å². The minimum Gasteiger partial charge on any atom is -0.437 e. The molecule has 3 aromatic carbocycles. The first-order valence-electron chi connectivity index (χ1n) is 9.32. The van der Waals surface area contributed by atoms with Crippen LogP contribution in [0.15, 0.2) is 89.6 Å². The van der Waals surface area contributed by atoms with Crippen LogP contribution >= 0.6 is 0 Å². The zero-order valence-corrected chi connectivity index (χ0v) is 15.7. The molecule has 30 heavy (non-hydrogen) atoms. The highest BCUT2D eigenvalue weighted by molar-refractivity contribution is 6.06. The van der Waals surface area contributed by atoms with Crippen LogP contribution < -0.4 is 5.32 Å². The minimum atomic E-state index is -0.324. The standard InChI is InChI=1S/C24H15FN3O2/c25-17-11-9-15(10-12-17)20-21-23(28-18-7-4-8-19(29)13-18)26-14-27-24(21)30-22(20)16-5-2-1-3-6-16/h1-14H,(H,26,27,28). The van der Waals surface area contributed by atoms with Crippen LogP contribution in [-0.4, -0.2) is 9.97 Å².